The van der Waals surface area contributed by atoms with Crippen LogP contribution in [0, 0.1) is 25.7 Å². The molecule has 0 aliphatic carbocycles. The number of oxazole rings is 1. The average Bonchev–Trinajstić information content (AvgIpc) is 3.03. The standard InChI is InChI=1S/C24H29N3O5S/c1-15-5-7-20(18(4)10-15)25-23(28)14-27-21-8-6-19(11-22(21)32-24(27)29)33(30,31)26-12-16(2)9-17(3)13-26/h5-8,10-11,16-17H,9,12-14H2,1-4H3,(H,25,28)/t16-,17+. The summed E-state index contributed by atoms with van der Waals surface area (Å²) in [4.78, 5) is 25.1. The van der Waals surface area contributed by atoms with Crippen molar-refractivity contribution in [1.29, 1.82) is 0 Å². The number of piperidine rings is 1. The fourth-order valence-electron chi connectivity index (χ4n) is 4.60. The van der Waals surface area contributed by atoms with E-state index in [9.17, 15) is 18.0 Å². The highest BCUT2D eigenvalue weighted by molar-refractivity contribution is 7.89. The molecular formula is C24H29N3O5S. The Kier molecular flexibility index (Phi) is 6.20. The minimum absolute atomic E-state index is 0.0805. The number of fused-ring (bicyclic) bond motifs is 1. The lowest BCUT2D eigenvalue weighted by Crippen LogP contribution is -2.42. The molecule has 0 radical (unpaired) electrons. The number of hydrogen-bond acceptors (Lipinski definition) is 5. The van der Waals surface area contributed by atoms with Gasteiger partial charge in [0.15, 0.2) is 5.58 Å². The molecule has 1 aliphatic heterocycles. The molecule has 1 aliphatic rings. The minimum atomic E-state index is -3.71. The van der Waals surface area contributed by atoms with Crippen molar-refractivity contribution < 1.29 is 17.6 Å². The fraction of sp³-hybridized carbons (Fsp3) is 0.417. The van der Waals surface area contributed by atoms with Crippen LogP contribution in [0.1, 0.15) is 31.4 Å². The van der Waals surface area contributed by atoms with Gasteiger partial charge in [0.05, 0.1) is 10.4 Å². The zero-order valence-corrected chi connectivity index (χ0v) is 20.1. The van der Waals surface area contributed by atoms with E-state index in [4.69, 9.17) is 4.42 Å². The zero-order valence-electron chi connectivity index (χ0n) is 19.3. The molecule has 0 saturated carbocycles. The molecule has 176 valence electrons. The molecule has 1 saturated heterocycles. The van der Waals surface area contributed by atoms with Crippen molar-refractivity contribution >= 4 is 32.7 Å². The van der Waals surface area contributed by atoms with Gasteiger partial charge in [0.1, 0.15) is 6.54 Å². The normalized spacial score (nSPS) is 19.6. The SMILES string of the molecule is Cc1ccc(NC(=O)Cn2c(=O)oc3cc(S(=O)(=O)N4C[C@H](C)C[C@H](C)C4)ccc32)c(C)c1. The fourth-order valence-corrected chi connectivity index (χ4v) is 6.29. The van der Waals surface area contributed by atoms with E-state index in [1.165, 1.54) is 27.1 Å². The van der Waals surface area contributed by atoms with E-state index in [2.05, 4.69) is 5.32 Å². The maximum Gasteiger partial charge on any atom is 0.420 e. The van der Waals surface area contributed by atoms with Crippen molar-refractivity contribution in [3.63, 3.8) is 0 Å². The second-order valence-corrected chi connectivity index (χ2v) is 11.2. The number of nitrogens with zero attached hydrogens (tertiary/aromatic N) is 2. The van der Waals surface area contributed by atoms with Gasteiger partial charge in [-0.1, -0.05) is 31.5 Å². The van der Waals surface area contributed by atoms with Crippen molar-refractivity contribution in [2.24, 2.45) is 11.8 Å². The van der Waals surface area contributed by atoms with Crippen molar-refractivity contribution in [3.05, 3.63) is 58.1 Å². The third-order valence-corrected chi connectivity index (χ3v) is 7.90. The minimum Gasteiger partial charge on any atom is -0.408 e. The van der Waals surface area contributed by atoms with Gasteiger partial charge in [0, 0.05) is 24.8 Å². The summed E-state index contributed by atoms with van der Waals surface area (Å²) in [6, 6.07) is 10.0. The number of aromatic nitrogens is 1. The Morgan fingerprint density at radius 3 is 2.45 bits per heavy atom. The molecule has 33 heavy (non-hydrogen) atoms. The van der Waals surface area contributed by atoms with Crippen LogP contribution in [0.3, 0.4) is 0 Å². The molecule has 1 aromatic heterocycles. The molecule has 4 rings (SSSR count). The molecule has 2 atom stereocenters. The highest BCUT2D eigenvalue weighted by Gasteiger charge is 2.32. The van der Waals surface area contributed by atoms with Crippen molar-refractivity contribution in [3.8, 4) is 0 Å². The number of nitrogens with one attached hydrogen (secondary N) is 1. The second kappa shape index (κ2) is 8.79. The molecule has 0 bridgehead atoms. The Hall–Kier alpha value is -2.91. The van der Waals surface area contributed by atoms with Crippen LogP contribution in [0.15, 0.2) is 50.5 Å². The highest BCUT2D eigenvalue weighted by Crippen LogP contribution is 2.28. The maximum absolute atomic E-state index is 13.2. The number of carbonyl (C=O) groups excluding carboxylic acids is 1. The first-order valence-corrected chi connectivity index (χ1v) is 12.5. The smallest absolute Gasteiger partial charge is 0.408 e. The molecular weight excluding hydrogens is 442 g/mol. The van der Waals surface area contributed by atoms with Gasteiger partial charge in [-0.2, -0.15) is 4.31 Å². The molecule has 9 heteroatoms. The van der Waals surface area contributed by atoms with E-state index >= 15 is 0 Å². The number of hydrogen-bond donors (Lipinski definition) is 1. The lowest BCUT2D eigenvalue weighted by molar-refractivity contribution is -0.116. The van der Waals surface area contributed by atoms with Crippen LogP contribution in [0.5, 0.6) is 0 Å². The molecule has 0 spiro atoms. The number of rotatable bonds is 5. The molecule has 1 amide bonds. The lowest BCUT2D eigenvalue weighted by Gasteiger charge is -2.34. The third-order valence-electron chi connectivity index (χ3n) is 6.07. The molecule has 2 heterocycles. The van der Waals surface area contributed by atoms with Crippen LogP contribution in [-0.4, -0.2) is 36.3 Å². The summed E-state index contributed by atoms with van der Waals surface area (Å²) in [5.74, 6) is -0.529. The first-order valence-electron chi connectivity index (χ1n) is 11.0. The predicted molar refractivity (Wildman–Crippen MR) is 127 cm³/mol. The van der Waals surface area contributed by atoms with Crippen LogP contribution in [0.4, 0.5) is 5.69 Å². The number of carbonyl (C=O) groups is 1. The molecule has 2 aromatic carbocycles. The summed E-state index contributed by atoms with van der Waals surface area (Å²) >= 11 is 0. The zero-order chi connectivity index (χ0) is 23.9. The summed E-state index contributed by atoms with van der Waals surface area (Å²) in [6.07, 6.45) is 0.993. The first-order chi connectivity index (χ1) is 15.5. The van der Waals surface area contributed by atoms with Gasteiger partial charge < -0.3 is 9.73 Å². The summed E-state index contributed by atoms with van der Waals surface area (Å²) in [5, 5.41) is 2.81. The van der Waals surface area contributed by atoms with E-state index in [-0.39, 0.29) is 34.8 Å². The van der Waals surface area contributed by atoms with E-state index < -0.39 is 15.8 Å². The van der Waals surface area contributed by atoms with Gasteiger partial charge in [-0.15, -0.1) is 0 Å². The Morgan fingerprint density at radius 1 is 1.09 bits per heavy atom. The molecule has 3 aromatic rings. The van der Waals surface area contributed by atoms with Crippen molar-refractivity contribution in [2.45, 2.75) is 45.6 Å². The third kappa shape index (κ3) is 4.74. The molecule has 1 N–H and O–H groups in total. The van der Waals surface area contributed by atoms with Crippen LogP contribution in [-0.2, 0) is 21.4 Å². The monoisotopic (exact) mass is 471 g/mol. The average molecular weight is 472 g/mol. The number of amides is 1. The van der Waals surface area contributed by atoms with Crippen molar-refractivity contribution in [1.82, 2.24) is 8.87 Å². The topological polar surface area (TPSA) is 102 Å². The summed E-state index contributed by atoms with van der Waals surface area (Å²) < 4.78 is 34.4. The summed E-state index contributed by atoms with van der Waals surface area (Å²) in [7, 11) is -3.71. The van der Waals surface area contributed by atoms with E-state index in [1.54, 1.807) is 0 Å². The lowest BCUT2D eigenvalue weighted by atomic mass is 9.94. The first kappa shape index (κ1) is 23.3. The van der Waals surface area contributed by atoms with E-state index in [1.807, 2.05) is 45.9 Å². The second-order valence-electron chi connectivity index (χ2n) is 9.22. The predicted octanol–water partition coefficient (Wildman–Crippen LogP) is 3.52. The van der Waals surface area contributed by atoms with Crippen LogP contribution in [0.2, 0.25) is 0 Å². The maximum atomic E-state index is 13.2. The van der Waals surface area contributed by atoms with Crippen LogP contribution in [0.25, 0.3) is 11.1 Å². The van der Waals surface area contributed by atoms with Crippen molar-refractivity contribution in [2.75, 3.05) is 18.4 Å². The highest BCUT2D eigenvalue weighted by atomic mass is 32.2. The molecule has 8 nitrogen and oxygen atoms in total. The molecule has 1 fully saturated rings. The van der Waals surface area contributed by atoms with Gasteiger partial charge in [-0.25, -0.2) is 13.2 Å². The quantitative estimate of drug-likeness (QED) is 0.614. The van der Waals surface area contributed by atoms with E-state index in [0.29, 0.717) is 24.3 Å². The number of aryl methyl sites for hydroxylation is 2. The van der Waals surface area contributed by atoms with Gasteiger partial charge >= 0.3 is 5.76 Å². The van der Waals surface area contributed by atoms with Gasteiger partial charge in [-0.05, 0) is 55.9 Å². The summed E-state index contributed by atoms with van der Waals surface area (Å²) in [5.41, 5.74) is 3.18. The molecule has 0 unspecified atom stereocenters. The van der Waals surface area contributed by atoms with Gasteiger partial charge in [-0.3, -0.25) is 9.36 Å². The van der Waals surface area contributed by atoms with E-state index in [0.717, 1.165) is 17.5 Å². The van der Waals surface area contributed by atoms with Gasteiger partial charge in [0.25, 0.3) is 0 Å². The van der Waals surface area contributed by atoms with Crippen LogP contribution < -0.4 is 11.1 Å². The largest absolute Gasteiger partial charge is 0.420 e. The van der Waals surface area contributed by atoms with Gasteiger partial charge in [0.2, 0.25) is 15.9 Å². The Balaban J connectivity index is 1.59. The Bertz CT molecular complexity index is 1360. The summed E-state index contributed by atoms with van der Waals surface area (Å²) in [6.45, 7) is 8.65. The Labute approximate surface area is 193 Å². The number of benzene rings is 2. The van der Waals surface area contributed by atoms with Crippen LogP contribution >= 0.6 is 0 Å². The Morgan fingerprint density at radius 2 is 1.79 bits per heavy atom. The number of sulfonamides is 1. The number of anilines is 1.